The number of nitrogens with one attached hydrogen (secondary N) is 5. The van der Waals surface area contributed by atoms with Crippen molar-refractivity contribution in [1.29, 1.82) is 5.26 Å². The summed E-state index contributed by atoms with van der Waals surface area (Å²) in [6.45, 7) is 17.6. The molecule has 0 saturated carbocycles. The fourth-order valence-electron chi connectivity index (χ4n) is 6.73. The number of ether oxygens (including phenoxy) is 3. The number of carbonyl (C=O) groups is 7. The smallest absolute Gasteiger partial charge is 0.410 e. The molecule has 1 aliphatic heterocycles. The molecule has 0 bridgehead atoms. The summed E-state index contributed by atoms with van der Waals surface area (Å²) < 4.78 is 14.9. The van der Waals surface area contributed by atoms with Crippen molar-refractivity contribution in [3.05, 3.63) is 35.5 Å². The molecule has 61 heavy (non-hydrogen) atoms. The van der Waals surface area contributed by atoms with Crippen LogP contribution in [0.15, 0.2) is 24.3 Å². The monoisotopic (exact) mass is 869 g/mol. The number of nitrogens with zero attached hydrogens (tertiary/aromatic N) is 2. The van der Waals surface area contributed by atoms with Gasteiger partial charge < -0.3 is 40.5 Å². The van der Waals surface area contributed by atoms with Gasteiger partial charge >= 0.3 is 18.0 Å². The number of likely N-dealkylation sites (tertiary alicyclic amines) is 1. The van der Waals surface area contributed by atoms with E-state index in [1.165, 1.54) is 16.7 Å². The van der Waals surface area contributed by atoms with Gasteiger partial charge in [-0.1, -0.05) is 32.0 Å². The quantitative estimate of drug-likeness (QED) is 0.112. The number of amides is 5. The second-order valence-corrected chi connectivity index (χ2v) is 19.5. The van der Waals surface area contributed by atoms with Crippen molar-refractivity contribution in [3.8, 4) is 6.07 Å². The van der Waals surface area contributed by atoms with Crippen LogP contribution >= 0.6 is 11.8 Å². The lowest BCUT2D eigenvalue weighted by molar-refractivity contribution is -0.161. The largest absolute Gasteiger partial charge is 0.469 e. The summed E-state index contributed by atoms with van der Waals surface area (Å²) in [6, 6.07) is 2.87. The first-order valence-corrected chi connectivity index (χ1v) is 21.6. The predicted molar refractivity (Wildman–Crippen MR) is 230 cm³/mol. The van der Waals surface area contributed by atoms with Crippen molar-refractivity contribution in [2.75, 3.05) is 19.9 Å². The standard InChI is InChI=1S/C43H63N7O10S/c1-24(2)20-28(47-38(55)34(43(9,10)61-12)49-37(54)32-18-15-19-50(32)40(57)60-42(6,7)8)35(52)46-29(21-26-25-16-13-14-17-27(25)45-31(26)23-44)36(53)48-30(22-33(51)58-11)39(56)59-41(3,4)5/h13-14,16-17,24,28-30,32,34,45H,15,18-22H2,1-12H3,(H,46,52)(H,47,55)(H,48,53)(H,49,54)/t28-,29+,30+,32-,34-/m0/s1. The maximum Gasteiger partial charge on any atom is 0.410 e. The van der Waals surface area contributed by atoms with Crippen LogP contribution in [0.1, 0.15) is 106 Å². The van der Waals surface area contributed by atoms with Crippen molar-refractivity contribution in [3.63, 3.8) is 0 Å². The summed E-state index contributed by atoms with van der Waals surface area (Å²) in [7, 11) is 1.13. The van der Waals surface area contributed by atoms with E-state index in [-0.39, 0.29) is 24.5 Å². The van der Waals surface area contributed by atoms with Gasteiger partial charge in [-0.15, -0.1) is 0 Å². The van der Waals surface area contributed by atoms with E-state index in [0.717, 1.165) is 7.11 Å². The zero-order chi connectivity index (χ0) is 46.0. The molecule has 3 rings (SSSR count). The zero-order valence-electron chi connectivity index (χ0n) is 37.4. The van der Waals surface area contributed by atoms with Crippen molar-refractivity contribution in [2.24, 2.45) is 5.92 Å². The Morgan fingerprint density at radius 1 is 0.869 bits per heavy atom. The van der Waals surface area contributed by atoms with E-state index in [1.807, 2.05) is 13.8 Å². The topological polar surface area (TPSA) is 238 Å². The number of hydrogen-bond acceptors (Lipinski definition) is 12. The summed E-state index contributed by atoms with van der Waals surface area (Å²) in [5.74, 6) is -4.74. The minimum Gasteiger partial charge on any atom is -0.469 e. The van der Waals surface area contributed by atoms with Gasteiger partial charge in [0, 0.05) is 28.6 Å². The molecule has 1 aliphatic rings. The Morgan fingerprint density at radius 2 is 1.46 bits per heavy atom. The second kappa shape index (κ2) is 21.0. The van der Waals surface area contributed by atoms with Gasteiger partial charge in [-0.2, -0.15) is 17.0 Å². The summed E-state index contributed by atoms with van der Waals surface area (Å²) in [6.07, 6.45) is 1.36. The summed E-state index contributed by atoms with van der Waals surface area (Å²) in [5, 5.41) is 21.6. The number of hydrogen-bond donors (Lipinski definition) is 5. The van der Waals surface area contributed by atoms with Crippen LogP contribution in [-0.2, 0) is 49.4 Å². The maximum atomic E-state index is 14.4. The molecule has 0 aliphatic carbocycles. The minimum atomic E-state index is -1.51. The lowest BCUT2D eigenvalue weighted by atomic mass is 9.97. The number of H-pyrrole nitrogens is 1. The molecule has 1 aromatic carbocycles. The van der Waals surface area contributed by atoms with Gasteiger partial charge in [0.25, 0.3) is 0 Å². The third-order valence-electron chi connectivity index (χ3n) is 9.87. The molecule has 2 aromatic rings. The molecule has 0 unspecified atom stereocenters. The highest BCUT2D eigenvalue weighted by molar-refractivity contribution is 8.00. The van der Waals surface area contributed by atoms with Crippen molar-refractivity contribution in [2.45, 2.75) is 147 Å². The Balaban J connectivity index is 2.00. The average molecular weight is 870 g/mol. The number of nitriles is 1. The Hall–Kier alpha value is -5.31. The molecule has 18 heteroatoms. The van der Waals surface area contributed by atoms with Crippen LogP contribution in [0.25, 0.3) is 10.9 Å². The molecule has 1 saturated heterocycles. The number of esters is 2. The van der Waals surface area contributed by atoms with Gasteiger partial charge in [-0.3, -0.25) is 28.9 Å². The highest BCUT2D eigenvalue weighted by Crippen LogP contribution is 2.28. The fourth-order valence-corrected chi connectivity index (χ4v) is 7.13. The summed E-state index contributed by atoms with van der Waals surface area (Å²) in [4.78, 5) is 100.0. The van der Waals surface area contributed by atoms with E-state index in [4.69, 9.17) is 14.2 Å². The van der Waals surface area contributed by atoms with Crippen molar-refractivity contribution in [1.82, 2.24) is 31.2 Å². The minimum absolute atomic E-state index is 0.112. The molecule has 2 heterocycles. The third-order valence-corrected chi connectivity index (χ3v) is 11.2. The molecule has 1 fully saturated rings. The van der Waals surface area contributed by atoms with Crippen LogP contribution in [0.4, 0.5) is 4.79 Å². The van der Waals surface area contributed by atoms with Gasteiger partial charge in [0.05, 0.1) is 13.5 Å². The number of benzene rings is 1. The van der Waals surface area contributed by atoms with Crippen molar-refractivity contribution >= 4 is 64.3 Å². The van der Waals surface area contributed by atoms with E-state index in [9.17, 15) is 38.8 Å². The van der Waals surface area contributed by atoms with Gasteiger partial charge in [0.15, 0.2) is 0 Å². The number of aromatic nitrogens is 1. The Bertz CT molecular complexity index is 1980. The number of rotatable bonds is 17. The highest BCUT2D eigenvalue weighted by atomic mass is 32.2. The van der Waals surface area contributed by atoms with E-state index < -0.39 is 94.2 Å². The third kappa shape index (κ3) is 14.4. The Morgan fingerprint density at radius 3 is 2.03 bits per heavy atom. The summed E-state index contributed by atoms with van der Waals surface area (Å²) >= 11 is 1.32. The van der Waals surface area contributed by atoms with Crippen LogP contribution in [0.2, 0.25) is 0 Å². The highest BCUT2D eigenvalue weighted by Gasteiger charge is 2.43. The number of para-hydroxylation sites is 1. The van der Waals surface area contributed by atoms with Gasteiger partial charge in [0.2, 0.25) is 23.6 Å². The zero-order valence-corrected chi connectivity index (χ0v) is 38.2. The first-order valence-electron chi connectivity index (χ1n) is 20.4. The second-order valence-electron chi connectivity index (χ2n) is 18.0. The van der Waals surface area contributed by atoms with E-state index >= 15 is 0 Å². The number of aromatic amines is 1. The van der Waals surface area contributed by atoms with Gasteiger partial charge in [-0.05, 0) is 98.5 Å². The molecule has 5 amide bonds. The molecule has 0 radical (unpaired) electrons. The lowest BCUT2D eigenvalue weighted by Crippen LogP contribution is -2.63. The number of thioether (sulfide) groups is 1. The normalized spacial score (nSPS) is 16.4. The van der Waals surface area contributed by atoms with Crippen LogP contribution in [0.5, 0.6) is 0 Å². The Labute approximate surface area is 362 Å². The van der Waals surface area contributed by atoms with E-state index in [0.29, 0.717) is 35.9 Å². The Kier molecular flexibility index (Phi) is 17.2. The first-order chi connectivity index (χ1) is 28.3. The van der Waals surface area contributed by atoms with E-state index in [1.54, 1.807) is 85.9 Å². The molecule has 17 nitrogen and oxygen atoms in total. The molecular weight excluding hydrogens is 807 g/mol. The van der Waals surface area contributed by atoms with Crippen LogP contribution in [0, 0.1) is 17.2 Å². The van der Waals surface area contributed by atoms with Crippen LogP contribution < -0.4 is 21.3 Å². The lowest BCUT2D eigenvalue weighted by Gasteiger charge is -2.35. The number of fused-ring (bicyclic) bond motifs is 1. The molecule has 0 spiro atoms. The fraction of sp³-hybridized carbons (Fsp3) is 0.628. The molecule has 5 atom stereocenters. The molecular formula is C43H63N7O10S. The number of carbonyl (C=O) groups excluding carboxylic acids is 7. The van der Waals surface area contributed by atoms with Gasteiger partial charge in [0.1, 0.15) is 53.2 Å². The first kappa shape index (κ1) is 50.0. The summed E-state index contributed by atoms with van der Waals surface area (Å²) in [5.41, 5.74) is -0.607. The molecule has 1 aromatic heterocycles. The SMILES string of the molecule is COC(=O)C[C@@H](NC(=O)[C@@H](Cc1c(C#N)[nH]c2ccccc12)NC(=O)[C@H](CC(C)C)NC(=O)[C@H](NC(=O)[C@@H]1CCCN1C(=O)OC(C)(C)C)C(C)(C)SC)C(=O)OC(C)(C)C. The molecule has 336 valence electrons. The van der Waals surface area contributed by atoms with Crippen LogP contribution in [0.3, 0.4) is 0 Å². The number of methoxy groups -OCH3 is 1. The van der Waals surface area contributed by atoms with Crippen molar-refractivity contribution < 1.29 is 47.8 Å². The average Bonchev–Trinajstić information content (AvgIpc) is 3.80. The van der Waals surface area contributed by atoms with E-state index in [2.05, 4.69) is 32.3 Å². The predicted octanol–water partition coefficient (Wildman–Crippen LogP) is 4.01. The van der Waals surface area contributed by atoms with Gasteiger partial charge in [-0.25, -0.2) is 9.59 Å². The maximum absolute atomic E-state index is 14.4. The van der Waals surface area contributed by atoms with Crippen LogP contribution in [-0.4, -0.2) is 118 Å². The molecule has 5 N–H and O–H groups in total.